The lowest BCUT2D eigenvalue weighted by Crippen LogP contribution is -2.39. The molecular weight excluding hydrogens is 480 g/mol. The molecule has 1 heterocycles. The molecule has 0 radical (unpaired) electrons. The highest BCUT2D eigenvalue weighted by Gasteiger charge is 2.27. The summed E-state index contributed by atoms with van der Waals surface area (Å²) in [4.78, 5) is 38.9. The normalized spacial score (nSPS) is 15.2. The number of aryl methyl sites for hydroxylation is 1. The number of amides is 2. The van der Waals surface area contributed by atoms with E-state index in [4.69, 9.17) is 14.2 Å². The number of fused-ring (bicyclic) bond motifs is 1. The lowest BCUT2D eigenvalue weighted by Gasteiger charge is -2.27. The Hall–Kier alpha value is -3.85. The minimum absolute atomic E-state index is 0.108. The van der Waals surface area contributed by atoms with E-state index in [0.29, 0.717) is 4.88 Å². The lowest BCUT2D eigenvalue weighted by molar-refractivity contribution is -0.130. The van der Waals surface area contributed by atoms with Crippen LogP contribution in [0.25, 0.3) is 0 Å². The lowest BCUT2D eigenvalue weighted by atomic mass is 9.87. The summed E-state index contributed by atoms with van der Waals surface area (Å²) < 4.78 is 16.2. The number of carbonyl (C=O) groups is 3. The summed E-state index contributed by atoms with van der Waals surface area (Å²) in [5.41, 5.74) is 2.68. The van der Waals surface area contributed by atoms with Gasteiger partial charge >= 0.3 is 5.97 Å². The first kappa shape index (κ1) is 25.2. The summed E-state index contributed by atoms with van der Waals surface area (Å²) in [5, 5.41) is 7.55. The largest absolute Gasteiger partial charge is 0.493 e. The minimum atomic E-state index is -1.02. The second kappa shape index (κ2) is 11.3. The zero-order valence-electron chi connectivity index (χ0n) is 20.3. The molecule has 2 N–H and O–H groups in total. The van der Waals surface area contributed by atoms with Crippen LogP contribution in [0.5, 0.6) is 11.5 Å². The number of benzene rings is 2. The second-order valence-electron chi connectivity index (χ2n) is 8.39. The van der Waals surface area contributed by atoms with Gasteiger partial charge in [-0.05, 0) is 60.9 Å². The van der Waals surface area contributed by atoms with Gasteiger partial charge in [-0.15, -0.1) is 11.3 Å². The highest BCUT2D eigenvalue weighted by Crippen LogP contribution is 2.37. The van der Waals surface area contributed by atoms with Gasteiger partial charge in [0.05, 0.1) is 36.4 Å². The predicted molar refractivity (Wildman–Crippen MR) is 137 cm³/mol. The maximum absolute atomic E-state index is 13.0. The van der Waals surface area contributed by atoms with Crippen molar-refractivity contribution in [2.45, 2.75) is 38.3 Å². The maximum Gasteiger partial charge on any atom is 0.339 e. The monoisotopic (exact) mass is 508 g/mol. The molecule has 188 valence electrons. The van der Waals surface area contributed by atoms with E-state index < -0.39 is 12.1 Å². The molecule has 9 heteroatoms. The molecular formula is C27H28N2O6S. The topological polar surface area (TPSA) is 103 Å². The molecule has 3 aromatic rings. The van der Waals surface area contributed by atoms with Crippen LogP contribution in [0, 0.1) is 0 Å². The molecule has 0 fully saturated rings. The predicted octanol–water partition coefficient (Wildman–Crippen LogP) is 4.76. The Bertz CT molecular complexity index is 1260. The van der Waals surface area contributed by atoms with Gasteiger partial charge < -0.3 is 24.8 Å². The molecule has 1 aliphatic carbocycles. The van der Waals surface area contributed by atoms with Crippen molar-refractivity contribution >= 4 is 34.8 Å². The third-order valence-electron chi connectivity index (χ3n) is 6.05. The fraction of sp³-hybridized carbons (Fsp3) is 0.296. The van der Waals surface area contributed by atoms with Gasteiger partial charge in [-0.25, -0.2) is 4.79 Å². The van der Waals surface area contributed by atoms with Gasteiger partial charge in [0.25, 0.3) is 11.8 Å². The van der Waals surface area contributed by atoms with Crippen molar-refractivity contribution in [3.8, 4) is 11.5 Å². The number of carbonyl (C=O) groups excluding carboxylic acids is 3. The SMILES string of the molecule is COc1cc(C(=O)O[C@@H](C)C(=O)N[C@H]2CCCc3ccccc32)cc(NC(=O)c2cccs2)c1OC. The summed E-state index contributed by atoms with van der Waals surface area (Å²) in [6.07, 6.45) is 1.76. The van der Waals surface area contributed by atoms with Gasteiger partial charge in [-0.2, -0.15) is 0 Å². The van der Waals surface area contributed by atoms with Gasteiger partial charge in [0.15, 0.2) is 17.6 Å². The van der Waals surface area contributed by atoms with Gasteiger partial charge in [0, 0.05) is 0 Å². The summed E-state index contributed by atoms with van der Waals surface area (Å²) >= 11 is 1.29. The smallest absolute Gasteiger partial charge is 0.339 e. The molecule has 8 nitrogen and oxygen atoms in total. The Balaban J connectivity index is 1.48. The maximum atomic E-state index is 13.0. The van der Waals surface area contributed by atoms with Gasteiger partial charge in [-0.1, -0.05) is 30.3 Å². The molecule has 36 heavy (non-hydrogen) atoms. The molecule has 0 aliphatic heterocycles. The first-order chi connectivity index (χ1) is 17.4. The fourth-order valence-electron chi connectivity index (χ4n) is 4.24. The van der Waals surface area contributed by atoms with E-state index in [-0.39, 0.29) is 40.6 Å². The number of ether oxygens (including phenoxy) is 3. The van der Waals surface area contributed by atoms with Gasteiger partial charge in [0.2, 0.25) is 0 Å². The van der Waals surface area contributed by atoms with Crippen LogP contribution in [-0.4, -0.2) is 38.1 Å². The molecule has 0 spiro atoms. The quantitative estimate of drug-likeness (QED) is 0.426. The number of methoxy groups -OCH3 is 2. The fourth-order valence-corrected chi connectivity index (χ4v) is 4.86. The number of anilines is 1. The Kier molecular flexibility index (Phi) is 7.90. The minimum Gasteiger partial charge on any atom is -0.493 e. The molecule has 1 aliphatic rings. The first-order valence-electron chi connectivity index (χ1n) is 11.6. The zero-order chi connectivity index (χ0) is 25.7. The van der Waals surface area contributed by atoms with Gasteiger partial charge in [-0.3, -0.25) is 9.59 Å². The third kappa shape index (κ3) is 5.52. The van der Waals surface area contributed by atoms with E-state index in [9.17, 15) is 14.4 Å². The standard InChI is InChI=1S/C27H28N2O6S/c1-16(25(30)28-20-11-6-9-17-8-4-5-10-19(17)20)35-27(32)18-14-21(24(34-3)22(15-18)33-2)29-26(31)23-12-7-13-36-23/h4-5,7-8,10,12-16,20H,6,9,11H2,1-3H3,(H,28,30)(H,29,31)/t16-,20-/m0/s1. The van der Waals surface area contributed by atoms with E-state index in [1.807, 2.05) is 18.2 Å². The zero-order valence-corrected chi connectivity index (χ0v) is 21.1. The summed E-state index contributed by atoms with van der Waals surface area (Å²) in [5.74, 6) is -0.951. The van der Waals surface area contributed by atoms with Crippen molar-refractivity contribution in [2.75, 3.05) is 19.5 Å². The molecule has 2 aromatic carbocycles. The number of thiophene rings is 1. The molecule has 0 saturated heterocycles. The van der Waals surface area contributed by atoms with Gasteiger partial charge in [0.1, 0.15) is 0 Å². The average molecular weight is 509 g/mol. The van der Waals surface area contributed by atoms with E-state index in [1.54, 1.807) is 17.5 Å². The summed E-state index contributed by atoms with van der Waals surface area (Å²) in [7, 11) is 2.86. The Labute approximate surface area is 213 Å². The van der Waals surface area contributed by atoms with Crippen LogP contribution in [0.2, 0.25) is 0 Å². The van der Waals surface area contributed by atoms with E-state index in [0.717, 1.165) is 24.8 Å². The van der Waals surface area contributed by atoms with Crippen molar-refractivity contribution in [1.29, 1.82) is 0 Å². The molecule has 2 amide bonds. The van der Waals surface area contributed by atoms with Crippen molar-refractivity contribution in [3.63, 3.8) is 0 Å². The van der Waals surface area contributed by atoms with Crippen LogP contribution in [0.3, 0.4) is 0 Å². The number of nitrogens with one attached hydrogen (secondary N) is 2. The molecule has 4 rings (SSSR count). The van der Waals surface area contributed by atoms with Crippen LogP contribution < -0.4 is 20.1 Å². The molecule has 0 bridgehead atoms. The Morgan fingerprint density at radius 3 is 2.58 bits per heavy atom. The first-order valence-corrected chi connectivity index (χ1v) is 12.5. The van der Waals surface area contributed by atoms with Crippen molar-refractivity contribution in [2.24, 2.45) is 0 Å². The van der Waals surface area contributed by atoms with Crippen LogP contribution >= 0.6 is 11.3 Å². The molecule has 2 atom stereocenters. The second-order valence-corrected chi connectivity index (χ2v) is 9.34. The van der Waals surface area contributed by atoms with Crippen LogP contribution in [0.4, 0.5) is 5.69 Å². The van der Waals surface area contributed by atoms with E-state index in [1.165, 1.54) is 50.2 Å². The summed E-state index contributed by atoms with van der Waals surface area (Å²) in [6.45, 7) is 1.53. The molecule has 0 saturated carbocycles. The van der Waals surface area contributed by atoms with Crippen LogP contribution in [0.1, 0.15) is 57.0 Å². The van der Waals surface area contributed by atoms with E-state index >= 15 is 0 Å². The summed E-state index contributed by atoms with van der Waals surface area (Å²) in [6, 6.07) is 14.3. The molecule has 1 aromatic heterocycles. The highest BCUT2D eigenvalue weighted by molar-refractivity contribution is 7.12. The molecule has 0 unspecified atom stereocenters. The van der Waals surface area contributed by atoms with Crippen molar-refractivity contribution in [3.05, 3.63) is 75.5 Å². The number of rotatable bonds is 8. The number of esters is 1. The Morgan fingerprint density at radius 2 is 1.86 bits per heavy atom. The van der Waals surface area contributed by atoms with Crippen LogP contribution in [-0.2, 0) is 16.0 Å². The van der Waals surface area contributed by atoms with Crippen LogP contribution in [0.15, 0.2) is 53.9 Å². The Morgan fingerprint density at radius 1 is 1.06 bits per heavy atom. The number of hydrogen-bond acceptors (Lipinski definition) is 7. The highest BCUT2D eigenvalue weighted by atomic mass is 32.1. The van der Waals surface area contributed by atoms with Crippen molar-refractivity contribution in [1.82, 2.24) is 5.32 Å². The van der Waals surface area contributed by atoms with E-state index in [2.05, 4.69) is 16.7 Å². The average Bonchev–Trinajstić information content (AvgIpc) is 3.43. The number of hydrogen-bond donors (Lipinski definition) is 2. The van der Waals surface area contributed by atoms with Crippen molar-refractivity contribution < 1.29 is 28.6 Å². The third-order valence-corrected chi connectivity index (χ3v) is 6.92.